The average Bonchev–Trinajstić information content (AvgIpc) is 3.26. The van der Waals surface area contributed by atoms with Crippen molar-refractivity contribution in [2.75, 3.05) is 0 Å². The van der Waals surface area contributed by atoms with Crippen molar-refractivity contribution in [3.05, 3.63) is 83.6 Å². The fourth-order valence-electron chi connectivity index (χ4n) is 3.25. The van der Waals surface area contributed by atoms with Gasteiger partial charge < -0.3 is 9.73 Å². The number of furan rings is 1. The Morgan fingerprint density at radius 3 is 2.55 bits per heavy atom. The van der Waals surface area contributed by atoms with Gasteiger partial charge in [-0.15, -0.1) is 10.2 Å². The number of carbonyl (C=O) groups excluding carboxylic acids is 1. The topological polar surface area (TPSA) is 73.0 Å². The highest BCUT2D eigenvalue weighted by atomic mass is 32.2. The van der Waals surface area contributed by atoms with Gasteiger partial charge in [-0.2, -0.15) is 0 Å². The van der Waals surface area contributed by atoms with Crippen molar-refractivity contribution < 1.29 is 9.21 Å². The Hall–Kier alpha value is -3.32. The molecule has 1 amide bonds. The van der Waals surface area contributed by atoms with E-state index in [1.165, 1.54) is 5.56 Å². The van der Waals surface area contributed by atoms with E-state index in [1.807, 2.05) is 41.0 Å². The summed E-state index contributed by atoms with van der Waals surface area (Å²) in [5.74, 6) is 2.06. The largest absolute Gasteiger partial charge is 0.461 e. The molecular formula is C24H22N4O2S. The summed E-state index contributed by atoms with van der Waals surface area (Å²) >= 11 is 1.60. The maximum absolute atomic E-state index is 12.2. The van der Waals surface area contributed by atoms with Crippen LogP contribution in [0.2, 0.25) is 0 Å². The van der Waals surface area contributed by atoms with E-state index in [0.29, 0.717) is 28.9 Å². The van der Waals surface area contributed by atoms with Crippen molar-refractivity contribution in [1.82, 2.24) is 20.1 Å². The molecule has 156 valence electrons. The fraction of sp³-hybridized carbons (Fsp3) is 0.208. The van der Waals surface area contributed by atoms with E-state index < -0.39 is 0 Å². The lowest BCUT2D eigenvalue weighted by atomic mass is 10.1. The fourth-order valence-corrected chi connectivity index (χ4v) is 4.16. The molecule has 0 aliphatic heterocycles. The minimum absolute atomic E-state index is 0.00362. The summed E-state index contributed by atoms with van der Waals surface area (Å²) in [6, 6.07) is 20.1. The molecule has 0 bridgehead atoms. The lowest BCUT2D eigenvalue weighted by molar-refractivity contribution is 0.0951. The molecule has 4 aromatic rings. The highest BCUT2D eigenvalue weighted by Crippen LogP contribution is 2.30. The number of nitrogens with zero attached hydrogens (tertiary/aromatic N) is 3. The normalized spacial score (nSPS) is 13.3. The predicted molar refractivity (Wildman–Crippen MR) is 120 cm³/mol. The van der Waals surface area contributed by atoms with Crippen LogP contribution in [0.4, 0.5) is 0 Å². The number of aryl methyl sites for hydroxylation is 1. The number of amides is 1. The van der Waals surface area contributed by atoms with Gasteiger partial charge in [0, 0.05) is 23.0 Å². The van der Waals surface area contributed by atoms with Gasteiger partial charge in [0.05, 0.1) is 6.26 Å². The molecule has 0 unspecified atom stereocenters. The Morgan fingerprint density at radius 2 is 1.87 bits per heavy atom. The predicted octanol–water partition coefficient (Wildman–Crippen LogP) is 5.02. The number of nitrogens with one attached hydrogen (secondary N) is 1. The molecule has 0 radical (unpaired) electrons. The van der Waals surface area contributed by atoms with Crippen LogP contribution in [-0.2, 0) is 5.75 Å². The Balaban J connectivity index is 1.36. The molecule has 1 saturated carbocycles. The first-order valence-electron chi connectivity index (χ1n) is 10.3. The number of benzene rings is 2. The van der Waals surface area contributed by atoms with E-state index in [0.717, 1.165) is 29.2 Å². The second-order valence-corrected chi connectivity index (χ2v) is 8.63. The third kappa shape index (κ3) is 4.41. The lowest BCUT2D eigenvalue weighted by Crippen LogP contribution is -2.25. The van der Waals surface area contributed by atoms with Gasteiger partial charge in [0.1, 0.15) is 0 Å². The molecule has 1 aliphatic carbocycles. The third-order valence-electron chi connectivity index (χ3n) is 5.16. The molecule has 31 heavy (non-hydrogen) atoms. The van der Waals surface area contributed by atoms with Crippen LogP contribution in [0.3, 0.4) is 0 Å². The summed E-state index contributed by atoms with van der Waals surface area (Å²) in [7, 11) is 0. The van der Waals surface area contributed by atoms with Crippen LogP contribution in [-0.4, -0.2) is 26.7 Å². The number of aromatic nitrogens is 3. The van der Waals surface area contributed by atoms with Crippen LogP contribution >= 0.6 is 11.8 Å². The van der Waals surface area contributed by atoms with Crippen molar-refractivity contribution in [1.29, 1.82) is 0 Å². The monoisotopic (exact) mass is 430 g/mol. The van der Waals surface area contributed by atoms with Crippen LogP contribution < -0.4 is 5.32 Å². The molecule has 2 heterocycles. The van der Waals surface area contributed by atoms with Crippen LogP contribution in [0, 0.1) is 6.92 Å². The summed E-state index contributed by atoms with van der Waals surface area (Å²) in [6.45, 7) is 2.06. The molecule has 0 saturated heterocycles. The standard InChI is InChI=1S/C24H22N4O2S/c1-16-4-12-20(13-5-16)28-22(21-3-2-14-30-21)26-27-24(28)31-15-17-6-8-18(9-7-17)23(29)25-19-10-11-19/h2-9,12-14,19H,10-11,15H2,1H3,(H,25,29). The Kier molecular flexibility index (Phi) is 5.34. The van der Waals surface area contributed by atoms with E-state index in [4.69, 9.17) is 4.42 Å². The first kappa shape index (κ1) is 19.6. The van der Waals surface area contributed by atoms with Gasteiger partial charge in [-0.3, -0.25) is 9.36 Å². The smallest absolute Gasteiger partial charge is 0.251 e. The van der Waals surface area contributed by atoms with Crippen molar-refractivity contribution in [2.45, 2.75) is 36.7 Å². The second kappa shape index (κ2) is 8.43. The zero-order valence-electron chi connectivity index (χ0n) is 17.1. The van der Waals surface area contributed by atoms with Crippen molar-refractivity contribution in [3.8, 4) is 17.3 Å². The highest BCUT2D eigenvalue weighted by molar-refractivity contribution is 7.98. The molecule has 2 aromatic heterocycles. The number of thioether (sulfide) groups is 1. The SMILES string of the molecule is Cc1ccc(-n2c(SCc3ccc(C(=O)NC4CC4)cc3)nnc2-c2ccco2)cc1. The molecule has 7 heteroatoms. The third-order valence-corrected chi connectivity index (χ3v) is 6.16. The first-order valence-corrected chi connectivity index (χ1v) is 11.2. The van der Waals surface area contributed by atoms with E-state index in [9.17, 15) is 4.79 Å². The summed E-state index contributed by atoms with van der Waals surface area (Å²) in [5.41, 5.74) is 3.99. The van der Waals surface area contributed by atoms with E-state index >= 15 is 0 Å². The van der Waals surface area contributed by atoms with Gasteiger partial charge in [0.15, 0.2) is 10.9 Å². The zero-order valence-corrected chi connectivity index (χ0v) is 17.9. The minimum atomic E-state index is 0.00362. The summed E-state index contributed by atoms with van der Waals surface area (Å²) < 4.78 is 7.59. The molecule has 0 atom stereocenters. The highest BCUT2D eigenvalue weighted by Gasteiger charge is 2.23. The lowest BCUT2D eigenvalue weighted by Gasteiger charge is -2.10. The van der Waals surface area contributed by atoms with Crippen LogP contribution in [0.25, 0.3) is 17.3 Å². The van der Waals surface area contributed by atoms with E-state index in [-0.39, 0.29) is 5.91 Å². The summed E-state index contributed by atoms with van der Waals surface area (Å²) in [5, 5.41) is 12.6. The van der Waals surface area contributed by atoms with Crippen LogP contribution in [0.1, 0.15) is 34.3 Å². The maximum atomic E-state index is 12.2. The zero-order chi connectivity index (χ0) is 21.2. The molecule has 5 rings (SSSR count). The Morgan fingerprint density at radius 1 is 1.10 bits per heavy atom. The number of hydrogen-bond acceptors (Lipinski definition) is 5. The Bertz CT molecular complexity index is 1180. The van der Waals surface area contributed by atoms with Gasteiger partial charge in [-0.25, -0.2) is 0 Å². The van der Waals surface area contributed by atoms with Gasteiger partial charge in [0.25, 0.3) is 5.91 Å². The molecule has 1 fully saturated rings. The molecule has 1 N–H and O–H groups in total. The minimum Gasteiger partial charge on any atom is -0.461 e. The first-order chi connectivity index (χ1) is 15.2. The number of rotatable bonds is 7. The van der Waals surface area contributed by atoms with Gasteiger partial charge >= 0.3 is 0 Å². The van der Waals surface area contributed by atoms with Crippen molar-refractivity contribution in [2.24, 2.45) is 0 Å². The number of hydrogen-bond donors (Lipinski definition) is 1. The second-order valence-electron chi connectivity index (χ2n) is 7.69. The van der Waals surface area contributed by atoms with E-state index in [2.05, 4.69) is 46.7 Å². The van der Waals surface area contributed by atoms with Gasteiger partial charge in [-0.1, -0.05) is 41.6 Å². The average molecular weight is 431 g/mol. The van der Waals surface area contributed by atoms with Gasteiger partial charge in [0.2, 0.25) is 5.82 Å². The molecule has 6 nitrogen and oxygen atoms in total. The molecular weight excluding hydrogens is 408 g/mol. The molecule has 2 aromatic carbocycles. The molecule has 0 spiro atoms. The number of carbonyl (C=O) groups is 1. The quantitative estimate of drug-likeness (QED) is 0.417. The molecule has 1 aliphatic rings. The van der Waals surface area contributed by atoms with Crippen LogP contribution in [0.5, 0.6) is 0 Å². The van der Waals surface area contributed by atoms with Gasteiger partial charge in [-0.05, 0) is 61.7 Å². The van der Waals surface area contributed by atoms with E-state index in [1.54, 1.807) is 18.0 Å². The van der Waals surface area contributed by atoms with Crippen molar-refractivity contribution in [3.63, 3.8) is 0 Å². The summed E-state index contributed by atoms with van der Waals surface area (Å²) in [4.78, 5) is 12.2. The van der Waals surface area contributed by atoms with Crippen molar-refractivity contribution >= 4 is 17.7 Å². The maximum Gasteiger partial charge on any atom is 0.251 e. The van der Waals surface area contributed by atoms with Crippen LogP contribution in [0.15, 0.2) is 76.5 Å². The summed E-state index contributed by atoms with van der Waals surface area (Å²) in [6.07, 6.45) is 3.81. The Labute approximate surface area is 184 Å².